The van der Waals surface area contributed by atoms with E-state index in [1.165, 1.54) is 0 Å². The van der Waals surface area contributed by atoms with Crippen molar-refractivity contribution < 1.29 is 19.3 Å². The highest BCUT2D eigenvalue weighted by atomic mass is 16.7. The number of ether oxygens (including phenoxy) is 3. The van der Waals surface area contributed by atoms with E-state index < -0.39 is 6.29 Å². The molecule has 17 heavy (non-hydrogen) atoms. The Hall–Kier alpha value is -0.670. The lowest BCUT2D eigenvalue weighted by atomic mass is 9.85. The van der Waals surface area contributed by atoms with E-state index in [0.29, 0.717) is 19.4 Å². The first-order valence-corrected chi connectivity index (χ1v) is 6.23. The number of hydrogen-bond acceptors (Lipinski definition) is 5. The molecule has 3 aliphatic heterocycles. The van der Waals surface area contributed by atoms with Crippen LogP contribution in [0.4, 0.5) is 0 Å². The molecule has 0 aliphatic carbocycles. The Balaban J connectivity index is 1.70. The summed E-state index contributed by atoms with van der Waals surface area (Å²) in [6, 6.07) is 2.15. The van der Waals surface area contributed by atoms with Gasteiger partial charge in [0.2, 0.25) is 0 Å². The second-order valence-electron chi connectivity index (χ2n) is 5.15. The molecule has 3 fully saturated rings. The van der Waals surface area contributed by atoms with Crippen molar-refractivity contribution in [1.29, 1.82) is 5.26 Å². The van der Waals surface area contributed by atoms with Crippen molar-refractivity contribution in [2.75, 3.05) is 6.61 Å². The van der Waals surface area contributed by atoms with Gasteiger partial charge in [-0.1, -0.05) is 0 Å². The lowest BCUT2D eigenvalue weighted by molar-refractivity contribution is -0.222. The Morgan fingerprint density at radius 1 is 1.41 bits per heavy atom. The van der Waals surface area contributed by atoms with Crippen LogP contribution < -0.4 is 0 Å². The lowest BCUT2D eigenvalue weighted by Crippen LogP contribution is -2.53. The van der Waals surface area contributed by atoms with Gasteiger partial charge in [0.15, 0.2) is 6.29 Å². The molecule has 3 rings (SSSR count). The van der Waals surface area contributed by atoms with Gasteiger partial charge in [-0.25, -0.2) is 0 Å². The van der Waals surface area contributed by atoms with Gasteiger partial charge in [0.05, 0.1) is 24.9 Å². The summed E-state index contributed by atoms with van der Waals surface area (Å²) in [5.74, 6) is 0. The quantitative estimate of drug-likeness (QED) is 0.768. The largest absolute Gasteiger partial charge is 0.366 e. The zero-order chi connectivity index (χ0) is 11.9. The predicted octanol–water partition coefficient (Wildman–Crippen LogP) is 0.714. The highest BCUT2D eigenvalue weighted by Crippen LogP contribution is 2.46. The van der Waals surface area contributed by atoms with Crippen molar-refractivity contribution in [2.45, 2.75) is 62.3 Å². The van der Waals surface area contributed by atoms with Crippen LogP contribution in [0.5, 0.6) is 0 Å². The third-order valence-corrected chi connectivity index (χ3v) is 4.02. The molecule has 5 atom stereocenters. The highest BCUT2D eigenvalue weighted by molar-refractivity contribution is 5.04. The summed E-state index contributed by atoms with van der Waals surface area (Å²) in [4.78, 5) is 0. The maximum atomic E-state index is 9.60. The van der Waals surface area contributed by atoms with E-state index in [9.17, 15) is 5.11 Å². The molecule has 0 saturated carbocycles. The van der Waals surface area contributed by atoms with Gasteiger partial charge in [-0.05, 0) is 19.3 Å². The van der Waals surface area contributed by atoms with Crippen LogP contribution >= 0.6 is 0 Å². The molecule has 4 unspecified atom stereocenters. The van der Waals surface area contributed by atoms with E-state index >= 15 is 0 Å². The zero-order valence-corrected chi connectivity index (χ0v) is 9.67. The fraction of sp³-hybridized carbons (Fsp3) is 0.917. The Morgan fingerprint density at radius 2 is 2.29 bits per heavy atom. The molecule has 0 radical (unpaired) electrons. The fourth-order valence-corrected chi connectivity index (χ4v) is 3.15. The number of fused-ring (bicyclic) bond motifs is 1. The normalized spacial score (nSPS) is 48.5. The highest BCUT2D eigenvalue weighted by Gasteiger charge is 2.58. The van der Waals surface area contributed by atoms with Crippen molar-refractivity contribution in [3.8, 4) is 6.07 Å². The van der Waals surface area contributed by atoms with Gasteiger partial charge in [-0.2, -0.15) is 5.26 Å². The summed E-state index contributed by atoms with van der Waals surface area (Å²) in [7, 11) is 0. The van der Waals surface area contributed by atoms with Crippen LogP contribution in [0.2, 0.25) is 0 Å². The topological polar surface area (TPSA) is 71.7 Å². The Kier molecular flexibility index (Phi) is 2.83. The van der Waals surface area contributed by atoms with E-state index in [-0.39, 0.29) is 23.9 Å². The molecule has 5 heteroatoms. The molecule has 3 saturated heterocycles. The van der Waals surface area contributed by atoms with E-state index in [2.05, 4.69) is 6.07 Å². The molecular weight excluding hydrogens is 222 g/mol. The molecule has 0 aromatic heterocycles. The minimum Gasteiger partial charge on any atom is -0.366 e. The van der Waals surface area contributed by atoms with Gasteiger partial charge in [0.25, 0.3) is 0 Å². The summed E-state index contributed by atoms with van der Waals surface area (Å²) in [6.45, 7) is 0.401. The van der Waals surface area contributed by atoms with Crippen molar-refractivity contribution in [3.05, 3.63) is 0 Å². The first-order valence-electron chi connectivity index (χ1n) is 6.23. The first-order chi connectivity index (χ1) is 8.23. The third-order valence-electron chi connectivity index (χ3n) is 4.02. The van der Waals surface area contributed by atoms with Gasteiger partial charge >= 0.3 is 0 Å². The van der Waals surface area contributed by atoms with Crippen LogP contribution in [0.15, 0.2) is 0 Å². The Bertz CT molecular complexity index is 342. The van der Waals surface area contributed by atoms with Crippen molar-refractivity contribution in [1.82, 2.24) is 0 Å². The number of rotatable bonds is 2. The number of aliphatic hydroxyl groups is 1. The fourth-order valence-electron chi connectivity index (χ4n) is 3.15. The first kappa shape index (κ1) is 11.4. The second-order valence-corrected chi connectivity index (χ2v) is 5.15. The van der Waals surface area contributed by atoms with Crippen LogP contribution in [0.3, 0.4) is 0 Å². The predicted molar refractivity (Wildman–Crippen MR) is 56.9 cm³/mol. The molecule has 1 N–H and O–H groups in total. The second kappa shape index (κ2) is 4.21. The van der Waals surface area contributed by atoms with Gasteiger partial charge in [-0.3, -0.25) is 0 Å². The Morgan fingerprint density at radius 3 is 3.12 bits per heavy atom. The third kappa shape index (κ3) is 1.85. The molecule has 5 nitrogen and oxygen atoms in total. The van der Waals surface area contributed by atoms with E-state index in [4.69, 9.17) is 19.5 Å². The summed E-state index contributed by atoms with van der Waals surface area (Å²) in [5, 5.41) is 18.2. The number of nitrogens with zero attached hydrogens (tertiary/aromatic N) is 1. The number of nitriles is 1. The average molecular weight is 239 g/mol. The maximum absolute atomic E-state index is 9.60. The van der Waals surface area contributed by atoms with Crippen molar-refractivity contribution in [2.24, 2.45) is 0 Å². The van der Waals surface area contributed by atoms with Crippen LogP contribution in [0, 0.1) is 11.3 Å². The summed E-state index contributed by atoms with van der Waals surface area (Å²) in [5.41, 5.74) is -0.373. The molecule has 0 aromatic rings. The van der Waals surface area contributed by atoms with E-state index in [1.807, 2.05) is 0 Å². The van der Waals surface area contributed by atoms with Crippen LogP contribution in [0.25, 0.3) is 0 Å². The number of hydrogen-bond donors (Lipinski definition) is 1. The van der Waals surface area contributed by atoms with Crippen molar-refractivity contribution in [3.63, 3.8) is 0 Å². The van der Waals surface area contributed by atoms with Gasteiger partial charge in [0.1, 0.15) is 11.7 Å². The Labute approximate surface area is 100 Å². The lowest BCUT2D eigenvalue weighted by Gasteiger charge is -2.42. The molecule has 94 valence electrons. The molecular formula is C12H17NO4. The van der Waals surface area contributed by atoms with Crippen LogP contribution in [-0.2, 0) is 14.2 Å². The standard InChI is InChI=1S/C12H17NO4/c13-5-1-2-8-3-4-10-12(17-8)6-9(16-10)11(14)15-7-12/h8-11,14H,1-4,6-7H2/t8?,9?,10?,11-,12?/m1/s1. The number of aliphatic hydroxyl groups excluding tert-OH is 1. The van der Waals surface area contributed by atoms with Crippen LogP contribution in [0.1, 0.15) is 32.1 Å². The molecule has 3 heterocycles. The van der Waals surface area contributed by atoms with Crippen molar-refractivity contribution >= 4 is 0 Å². The van der Waals surface area contributed by atoms with Gasteiger partial charge in [0, 0.05) is 12.8 Å². The smallest absolute Gasteiger partial charge is 0.181 e. The monoisotopic (exact) mass is 239 g/mol. The zero-order valence-electron chi connectivity index (χ0n) is 9.67. The molecule has 1 spiro atoms. The van der Waals surface area contributed by atoms with E-state index in [0.717, 1.165) is 19.3 Å². The van der Waals surface area contributed by atoms with Gasteiger partial charge in [-0.15, -0.1) is 0 Å². The minimum absolute atomic E-state index is 0.0444. The summed E-state index contributed by atoms with van der Waals surface area (Å²) < 4.78 is 17.2. The SMILES string of the molecule is N#CCCC1CCC2OC3CC2(CO[C@H]3O)O1. The summed E-state index contributed by atoms with van der Waals surface area (Å²) in [6.07, 6.45) is 2.99. The van der Waals surface area contributed by atoms with E-state index in [1.54, 1.807) is 0 Å². The van der Waals surface area contributed by atoms with Crippen LogP contribution in [-0.4, -0.2) is 41.9 Å². The molecule has 3 aliphatic rings. The minimum atomic E-state index is -0.813. The maximum Gasteiger partial charge on any atom is 0.181 e. The van der Waals surface area contributed by atoms with Gasteiger partial charge < -0.3 is 19.3 Å². The summed E-state index contributed by atoms with van der Waals surface area (Å²) >= 11 is 0. The molecule has 2 bridgehead atoms. The molecule has 0 amide bonds. The molecule has 0 aromatic carbocycles. The average Bonchev–Trinajstić information content (AvgIpc) is 2.66.